The van der Waals surface area contributed by atoms with Crippen molar-refractivity contribution < 1.29 is 5.11 Å². The molecule has 0 bridgehead atoms. The van der Waals surface area contributed by atoms with Crippen molar-refractivity contribution in [1.82, 2.24) is 0 Å². The zero-order valence-corrected chi connectivity index (χ0v) is 10.3. The van der Waals surface area contributed by atoms with E-state index in [9.17, 15) is 5.11 Å². The Bertz CT molecular complexity index is 445. The summed E-state index contributed by atoms with van der Waals surface area (Å²) in [7, 11) is 0. The van der Waals surface area contributed by atoms with Crippen LogP contribution in [-0.2, 0) is 19.3 Å². The maximum atomic E-state index is 9.64. The lowest BCUT2D eigenvalue weighted by Crippen LogP contribution is -2.10. The molecule has 0 saturated carbocycles. The SMILES string of the molecule is OC1C=C(Cc2ccc3c(c2)CCC3)CCC1. The summed E-state index contributed by atoms with van der Waals surface area (Å²) in [5.41, 5.74) is 5.94. The number of allylic oxidation sites excluding steroid dienone is 1. The molecule has 1 aromatic carbocycles. The number of benzene rings is 1. The highest BCUT2D eigenvalue weighted by molar-refractivity contribution is 5.37. The van der Waals surface area contributed by atoms with Gasteiger partial charge in [0.05, 0.1) is 6.10 Å². The van der Waals surface area contributed by atoms with Gasteiger partial charge in [0.25, 0.3) is 0 Å². The van der Waals surface area contributed by atoms with Gasteiger partial charge in [-0.3, -0.25) is 0 Å². The lowest BCUT2D eigenvalue weighted by Gasteiger charge is -2.17. The molecular formula is C16H20O. The van der Waals surface area contributed by atoms with Gasteiger partial charge in [-0.15, -0.1) is 0 Å². The maximum absolute atomic E-state index is 9.64. The predicted octanol–water partition coefficient (Wildman–Crippen LogP) is 3.19. The van der Waals surface area contributed by atoms with E-state index < -0.39 is 0 Å². The van der Waals surface area contributed by atoms with Crippen molar-refractivity contribution in [2.24, 2.45) is 0 Å². The largest absolute Gasteiger partial charge is 0.389 e. The molecule has 0 aliphatic heterocycles. The standard InChI is InChI=1S/C16H20O/c17-16-6-1-3-12(11-16)9-13-7-8-14-4-2-5-15(14)10-13/h7-8,10-11,16-17H,1-6,9H2. The summed E-state index contributed by atoms with van der Waals surface area (Å²) in [6, 6.07) is 6.95. The third-order valence-electron chi connectivity index (χ3n) is 4.02. The number of rotatable bonds is 2. The summed E-state index contributed by atoms with van der Waals surface area (Å²) in [4.78, 5) is 0. The molecule has 90 valence electrons. The van der Waals surface area contributed by atoms with E-state index in [4.69, 9.17) is 0 Å². The topological polar surface area (TPSA) is 20.2 Å². The Kier molecular flexibility index (Phi) is 3.02. The summed E-state index contributed by atoms with van der Waals surface area (Å²) >= 11 is 0. The molecule has 17 heavy (non-hydrogen) atoms. The number of hydrogen-bond acceptors (Lipinski definition) is 1. The molecule has 2 aliphatic rings. The Morgan fingerprint density at radius 2 is 1.94 bits per heavy atom. The summed E-state index contributed by atoms with van der Waals surface area (Å²) in [6.07, 6.45) is 9.97. The van der Waals surface area contributed by atoms with Gasteiger partial charge < -0.3 is 5.11 Å². The lowest BCUT2D eigenvalue weighted by molar-refractivity contribution is 0.202. The van der Waals surface area contributed by atoms with Crippen LogP contribution in [0.3, 0.4) is 0 Å². The first-order chi connectivity index (χ1) is 8.31. The van der Waals surface area contributed by atoms with Crippen LogP contribution in [0.15, 0.2) is 29.8 Å². The van der Waals surface area contributed by atoms with Crippen LogP contribution in [0, 0.1) is 0 Å². The third kappa shape index (κ3) is 2.44. The molecule has 1 heteroatoms. The molecule has 0 fully saturated rings. The van der Waals surface area contributed by atoms with Crippen LogP contribution >= 0.6 is 0 Å². The molecule has 0 spiro atoms. The van der Waals surface area contributed by atoms with E-state index in [1.807, 2.05) is 0 Å². The van der Waals surface area contributed by atoms with Crippen molar-refractivity contribution in [2.75, 3.05) is 0 Å². The molecule has 0 amide bonds. The van der Waals surface area contributed by atoms with E-state index >= 15 is 0 Å². The van der Waals surface area contributed by atoms with Crippen molar-refractivity contribution in [2.45, 2.75) is 51.0 Å². The average Bonchev–Trinajstić information content (AvgIpc) is 2.76. The van der Waals surface area contributed by atoms with Crippen LogP contribution in [0.1, 0.15) is 42.4 Å². The van der Waals surface area contributed by atoms with Crippen molar-refractivity contribution in [3.05, 3.63) is 46.5 Å². The fourth-order valence-corrected chi connectivity index (χ4v) is 3.12. The number of aliphatic hydroxyl groups is 1. The maximum Gasteiger partial charge on any atom is 0.0723 e. The van der Waals surface area contributed by atoms with Crippen LogP contribution in [-0.4, -0.2) is 11.2 Å². The Morgan fingerprint density at radius 3 is 2.82 bits per heavy atom. The Hall–Kier alpha value is -1.08. The molecule has 1 unspecified atom stereocenters. The van der Waals surface area contributed by atoms with Gasteiger partial charge in [0.15, 0.2) is 0 Å². The number of aryl methyl sites for hydroxylation is 2. The van der Waals surface area contributed by atoms with Gasteiger partial charge in [-0.05, 0) is 61.6 Å². The second kappa shape index (κ2) is 4.66. The van der Waals surface area contributed by atoms with E-state index in [0.717, 1.165) is 25.7 Å². The number of aliphatic hydroxyl groups excluding tert-OH is 1. The highest BCUT2D eigenvalue weighted by atomic mass is 16.3. The lowest BCUT2D eigenvalue weighted by atomic mass is 9.92. The molecule has 0 heterocycles. The van der Waals surface area contributed by atoms with Crippen LogP contribution in [0.4, 0.5) is 0 Å². The summed E-state index contributed by atoms with van der Waals surface area (Å²) < 4.78 is 0. The quantitative estimate of drug-likeness (QED) is 0.771. The van der Waals surface area contributed by atoms with Crippen LogP contribution < -0.4 is 0 Å². The molecule has 1 N–H and O–H groups in total. The highest BCUT2D eigenvalue weighted by Crippen LogP contribution is 2.26. The molecule has 2 aliphatic carbocycles. The van der Waals surface area contributed by atoms with Crippen LogP contribution in [0.2, 0.25) is 0 Å². The van der Waals surface area contributed by atoms with Crippen molar-refractivity contribution >= 4 is 0 Å². The first-order valence-electron chi connectivity index (χ1n) is 6.79. The van der Waals surface area contributed by atoms with Gasteiger partial charge in [0, 0.05) is 0 Å². The summed E-state index contributed by atoms with van der Waals surface area (Å²) in [6.45, 7) is 0. The second-order valence-electron chi connectivity index (χ2n) is 5.42. The average molecular weight is 228 g/mol. The van der Waals surface area contributed by atoms with Crippen LogP contribution in [0.25, 0.3) is 0 Å². The molecule has 1 nitrogen and oxygen atoms in total. The predicted molar refractivity (Wildman–Crippen MR) is 70.1 cm³/mol. The number of fused-ring (bicyclic) bond motifs is 1. The van der Waals surface area contributed by atoms with Gasteiger partial charge in [0.1, 0.15) is 0 Å². The van der Waals surface area contributed by atoms with Crippen molar-refractivity contribution in [3.8, 4) is 0 Å². The summed E-state index contributed by atoms with van der Waals surface area (Å²) in [5, 5.41) is 9.64. The van der Waals surface area contributed by atoms with Crippen molar-refractivity contribution in [3.63, 3.8) is 0 Å². The zero-order valence-electron chi connectivity index (χ0n) is 10.3. The molecule has 1 aromatic rings. The highest BCUT2D eigenvalue weighted by Gasteiger charge is 2.13. The van der Waals surface area contributed by atoms with E-state index in [1.165, 1.54) is 30.4 Å². The summed E-state index contributed by atoms with van der Waals surface area (Å²) in [5.74, 6) is 0. The molecule has 0 saturated heterocycles. The Morgan fingerprint density at radius 1 is 1.06 bits per heavy atom. The van der Waals surface area contributed by atoms with E-state index in [-0.39, 0.29) is 6.10 Å². The molecule has 0 aromatic heterocycles. The fraction of sp³-hybridized carbons (Fsp3) is 0.500. The van der Waals surface area contributed by atoms with E-state index in [0.29, 0.717) is 0 Å². The smallest absolute Gasteiger partial charge is 0.0723 e. The van der Waals surface area contributed by atoms with Gasteiger partial charge in [0.2, 0.25) is 0 Å². The normalized spacial score (nSPS) is 23.4. The minimum atomic E-state index is -0.201. The Labute approximate surface area is 103 Å². The molecule has 3 rings (SSSR count). The molecule has 1 atom stereocenters. The van der Waals surface area contributed by atoms with Crippen LogP contribution in [0.5, 0.6) is 0 Å². The van der Waals surface area contributed by atoms with E-state index in [2.05, 4.69) is 24.3 Å². The van der Waals surface area contributed by atoms with Gasteiger partial charge in [-0.2, -0.15) is 0 Å². The minimum absolute atomic E-state index is 0.201. The zero-order chi connectivity index (χ0) is 11.7. The van der Waals surface area contributed by atoms with Crippen molar-refractivity contribution in [1.29, 1.82) is 0 Å². The monoisotopic (exact) mass is 228 g/mol. The molecule has 0 radical (unpaired) electrons. The van der Waals surface area contributed by atoms with Gasteiger partial charge >= 0.3 is 0 Å². The van der Waals surface area contributed by atoms with E-state index in [1.54, 1.807) is 11.1 Å². The third-order valence-corrected chi connectivity index (χ3v) is 4.02. The minimum Gasteiger partial charge on any atom is -0.389 e. The second-order valence-corrected chi connectivity index (χ2v) is 5.42. The fourth-order valence-electron chi connectivity index (χ4n) is 3.12. The first kappa shape index (κ1) is 11.0. The van der Waals surface area contributed by atoms with Gasteiger partial charge in [-0.25, -0.2) is 0 Å². The Balaban J connectivity index is 1.77. The van der Waals surface area contributed by atoms with Gasteiger partial charge in [-0.1, -0.05) is 29.8 Å². The molecular weight excluding hydrogens is 208 g/mol. The first-order valence-corrected chi connectivity index (χ1v) is 6.79. The number of hydrogen-bond donors (Lipinski definition) is 1.